The SMILES string of the molecule is CCCn1c(=NC(=O)c2ccccc2C)sc2c(C)cc(C)cc21. The van der Waals surface area contributed by atoms with Crippen LogP contribution in [0.3, 0.4) is 0 Å². The van der Waals surface area contributed by atoms with Gasteiger partial charge in [0.25, 0.3) is 5.91 Å². The van der Waals surface area contributed by atoms with E-state index >= 15 is 0 Å². The van der Waals surface area contributed by atoms with E-state index in [0.29, 0.717) is 5.56 Å². The molecule has 2 aromatic carbocycles. The molecule has 1 amide bonds. The van der Waals surface area contributed by atoms with Crippen molar-refractivity contribution in [1.29, 1.82) is 0 Å². The Labute approximate surface area is 146 Å². The molecule has 3 rings (SSSR count). The Morgan fingerprint density at radius 1 is 1.12 bits per heavy atom. The van der Waals surface area contributed by atoms with Gasteiger partial charge in [-0.15, -0.1) is 0 Å². The zero-order valence-corrected chi connectivity index (χ0v) is 15.4. The third kappa shape index (κ3) is 3.06. The predicted octanol–water partition coefficient (Wildman–Crippen LogP) is 4.78. The number of benzene rings is 2. The molecule has 0 aliphatic rings. The second-order valence-electron chi connectivity index (χ2n) is 6.20. The zero-order chi connectivity index (χ0) is 17.3. The van der Waals surface area contributed by atoms with Crippen LogP contribution in [0.15, 0.2) is 41.4 Å². The fraction of sp³-hybridized carbons (Fsp3) is 0.300. The second-order valence-corrected chi connectivity index (χ2v) is 7.18. The van der Waals surface area contributed by atoms with Gasteiger partial charge in [0.2, 0.25) is 0 Å². The van der Waals surface area contributed by atoms with Crippen LogP contribution >= 0.6 is 11.3 Å². The van der Waals surface area contributed by atoms with Crippen molar-refractivity contribution in [2.24, 2.45) is 4.99 Å². The highest BCUT2D eigenvalue weighted by molar-refractivity contribution is 7.16. The Morgan fingerprint density at radius 2 is 1.88 bits per heavy atom. The maximum atomic E-state index is 12.6. The minimum atomic E-state index is -0.168. The number of aromatic nitrogens is 1. The lowest BCUT2D eigenvalue weighted by molar-refractivity contribution is 0.0997. The van der Waals surface area contributed by atoms with E-state index in [1.54, 1.807) is 11.3 Å². The van der Waals surface area contributed by atoms with Crippen LogP contribution in [0.4, 0.5) is 0 Å². The molecule has 3 aromatic rings. The first-order valence-electron chi connectivity index (χ1n) is 8.26. The summed E-state index contributed by atoms with van der Waals surface area (Å²) in [5.74, 6) is -0.168. The van der Waals surface area contributed by atoms with E-state index in [-0.39, 0.29) is 5.91 Å². The summed E-state index contributed by atoms with van der Waals surface area (Å²) in [7, 11) is 0. The molecule has 0 atom stereocenters. The molecule has 0 aliphatic carbocycles. The molecule has 4 heteroatoms. The summed E-state index contributed by atoms with van der Waals surface area (Å²) < 4.78 is 3.39. The Bertz CT molecular complexity index is 979. The van der Waals surface area contributed by atoms with E-state index in [4.69, 9.17) is 0 Å². The van der Waals surface area contributed by atoms with Gasteiger partial charge in [-0.25, -0.2) is 0 Å². The van der Waals surface area contributed by atoms with Crippen molar-refractivity contribution >= 4 is 27.5 Å². The number of carbonyl (C=O) groups excluding carboxylic acids is 1. The van der Waals surface area contributed by atoms with Crippen LogP contribution in [0.25, 0.3) is 10.2 Å². The third-order valence-electron chi connectivity index (χ3n) is 4.13. The van der Waals surface area contributed by atoms with Crippen LogP contribution in [-0.4, -0.2) is 10.5 Å². The zero-order valence-electron chi connectivity index (χ0n) is 14.6. The summed E-state index contributed by atoms with van der Waals surface area (Å²) in [6, 6.07) is 12.0. The van der Waals surface area contributed by atoms with Crippen LogP contribution in [0.5, 0.6) is 0 Å². The lowest BCUT2D eigenvalue weighted by atomic mass is 10.1. The van der Waals surface area contributed by atoms with Gasteiger partial charge in [-0.05, 0) is 56.0 Å². The number of amides is 1. The fourth-order valence-corrected chi connectivity index (χ4v) is 4.10. The normalized spacial score (nSPS) is 12.1. The molecule has 0 fully saturated rings. The van der Waals surface area contributed by atoms with Gasteiger partial charge in [0.05, 0.1) is 10.2 Å². The molecular formula is C20H22N2OS. The Morgan fingerprint density at radius 3 is 2.58 bits per heavy atom. The van der Waals surface area contributed by atoms with Gasteiger partial charge in [-0.2, -0.15) is 4.99 Å². The number of carbonyl (C=O) groups is 1. The number of hydrogen-bond donors (Lipinski definition) is 0. The highest BCUT2D eigenvalue weighted by Gasteiger charge is 2.12. The standard InChI is InChI=1S/C20H22N2OS/c1-5-10-22-17-12-13(2)11-15(4)18(17)24-20(22)21-19(23)16-9-7-6-8-14(16)3/h6-9,11-12H,5,10H2,1-4H3. The van der Waals surface area contributed by atoms with Crippen LogP contribution in [-0.2, 0) is 6.54 Å². The summed E-state index contributed by atoms with van der Waals surface area (Å²) in [6.45, 7) is 9.18. The van der Waals surface area contributed by atoms with E-state index in [2.05, 4.69) is 42.5 Å². The Kier molecular flexibility index (Phi) is 4.67. The van der Waals surface area contributed by atoms with Crippen LogP contribution < -0.4 is 4.80 Å². The highest BCUT2D eigenvalue weighted by Crippen LogP contribution is 2.23. The molecule has 0 radical (unpaired) electrons. The molecule has 0 spiro atoms. The molecule has 1 heterocycles. The third-order valence-corrected chi connectivity index (χ3v) is 5.36. The fourth-order valence-electron chi connectivity index (χ4n) is 3.00. The van der Waals surface area contributed by atoms with Crippen LogP contribution in [0.2, 0.25) is 0 Å². The highest BCUT2D eigenvalue weighted by atomic mass is 32.1. The molecule has 24 heavy (non-hydrogen) atoms. The summed E-state index contributed by atoms with van der Waals surface area (Å²) in [5, 5.41) is 0. The number of fused-ring (bicyclic) bond motifs is 1. The molecule has 1 aromatic heterocycles. The van der Waals surface area contributed by atoms with Crippen molar-refractivity contribution in [3.8, 4) is 0 Å². The molecular weight excluding hydrogens is 316 g/mol. The quantitative estimate of drug-likeness (QED) is 0.677. The van der Waals surface area contributed by atoms with Gasteiger partial charge in [-0.3, -0.25) is 4.79 Å². The summed E-state index contributed by atoms with van der Waals surface area (Å²) in [4.78, 5) is 17.9. The van der Waals surface area contributed by atoms with Crippen molar-refractivity contribution in [3.63, 3.8) is 0 Å². The molecule has 0 unspecified atom stereocenters. The first-order valence-corrected chi connectivity index (χ1v) is 9.08. The molecule has 0 bridgehead atoms. The number of nitrogens with zero attached hydrogens (tertiary/aromatic N) is 2. The van der Waals surface area contributed by atoms with Gasteiger partial charge < -0.3 is 4.57 Å². The van der Waals surface area contributed by atoms with Crippen LogP contribution in [0, 0.1) is 20.8 Å². The van der Waals surface area contributed by atoms with E-state index in [0.717, 1.165) is 23.3 Å². The van der Waals surface area contributed by atoms with Crippen molar-refractivity contribution in [3.05, 3.63) is 63.5 Å². The van der Waals surface area contributed by atoms with Crippen molar-refractivity contribution in [2.75, 3.05) is 0 Å². The van der Waals surface area contributed by atoms with E-state index in [9.17, 15) is 4.79 Å². The first kappa shape index (κ1) is 16.7. The topological polar surface area (TPSA) is 34.4 Å². The van der Waals surface area contributed by atoms with Crippen LogP contribution in [0.1, 0.15) is 40.4 Å². The smallest absolute Gasteiger partial charge is 0.279 e. The average Bonchev–Trinajstić information content (AvgIpc) is 2.86. The number of aryl methyl sites for hydroxylation is 4. The average molecular weight is 338 g/mol. The largest absolute Gasteiger partial charge is 0.316 e. The maximum Gasteiger partial charge on any atom is 0.279 e. The van der Waals surface area contributed by atoms with Crippen molar-refractivity contribution < 1.29 is 4.79 Å². The summed E-state index contributed by atoms with van der Waals surface area (Å²) >= 11 is 1.60. The van der Waals surface area contributed by atoms with Crippen molar-refractivity contribution in [1.82, 2.24) is 4.57 Å². The Balaban J connectivity index is 2.22. The molecule has 124 valence electrons. The van der Waals surface area contributed by atoms with Gasteiger partial charge >= 0.3 is 0 Å². The van der Waals surface area contributed by atoms with Gasteiger partial charge in [0.15, 0.2) is 4.80 Å². The van der Waals surface area contributed by atoms with Gasteiger partial charge in [0.1, 0.15) is 0 Å². The lowest BCUT2D eigenvalue weighted by Gasteiger charge is -2.05. The summed E-state index contributed by atoms with van der Waals surface area (Å²) in [6.07, 6.45) is 1.00. The maximum absolute atomic E-state index is 12.6. The molecule has 0 aliphatic heterocycles. The minimum absolute atomic E-state index is 0.168. The summed E-state index contributed by atoms with van der Waals surface area (Å²) in [5.41, 5.74) is 5.28. The number of thiazole rings is 1. The number of hydrogen-bond acceptors (Lipinski definition) is 2. The first-order chi connectivity index (χ1) is 11.5. The van der Waals surface area contributed by atoms with E-state index in [1.807, 2.05) is 31.2 Å². The van der Waals surface area contributed by atoms with Gasteiger partial charge in [0, 0.05) is 12.1 Å². The van der Waals surface area contributed by atoms with E-state index in [1.165, 1.54) is 21.3 Å². The molecule has 0 saturated heterocycles. The number of rotatable bonds is 3. The Hall–Kier alpha value is -2.20. The molecule has 3 nitrogen and oxygen atoms in total. The van der Waals surface area contributed by atoms with E-state index < -0.39 is 0 Å². The molecule has 0 saturated carbocycles. The van der Waals surface area contributed by atoms with Crippen molar-refractivity contribution in [2.45, 2.75) is 40.7 Å². The minimum Gasteiger partial charge on any atom is -0.316 e. The monoisotopic (exact) mass is 338 g/mol. The second kappa shape index (κ2) is 6.73. The molecule has 0 N–H and O–H groups in total. The van der Waals surface area contributed by atoms with Gasteiger partial charge in [-0.1, -0.05) is 42.5 Å². The predicted molar refractivity (Wildman–Crippen MR) is 101 cm³/mol. The lowest BCUT2D eigenvalue weighted by Crippen LogP contribution is -2.17.